The van der Waals surface area contributed by atoms with Crippen LogP contribution in [0, 0.1) is 6.92 Å². The molecule has 0 aliphatic carbocycles. The largest absolute Gasteiger partial charge is 0.444 e. The summed E-state index contributed by atoms with van der Waals surface area (Å²) in [7, 11) is 0. The van der Waals surface area contributed by atoms with Crippen LogP contribution in [0.1, 0.15) is 24.6 Å². The number of rotatable bonds is 3. The van der Waals surface area contributed by atoms with Gasteiger partial charge in [0.1, 0.15) is 17.0 Å². The summed E-state index contributed by atoms with van der Waals surface area (Å²) < 4.78 is 5.39. The molecule has 0 bridgehead atoms. The van der Waals surface area contributed by atoms with E-state index in [4.69, 9.17) is 16.0 Å². The maximum absolute atomic E-state index is 5.71. The Hall–Kier alpha value is -1.07. The first-order valence-electron chi connectivity index (χ1n) is 4.45. The van der Waals surface area contributed by atoms with Gasteiger partial charge in [0.05, 0.1) is 6.20 Å². The van der Waals surface area contributed by atoms with Crippen molar-refractivity contribution in [1.82, 2.24) is 9.97 Å². The second-order valence-corrected chi connectivity index (χ2v) is 4.40. The molecule has 4 nitrogen and oxygen atoms in total. The summed E-state index contributed by atoms with van der Waals surface area (Å²) in [5.74, 6) is 1.45. The van der Waals surface area contributed by atoms with Crippen molar-refractivity contribution in [2.45, 2.75) is 19.9 Å². The van der Waals surface area contributed by atoms with E-state index < -0.39 is 0 Å². The molecule has 0 saturated heterocycles. The smallest absolute Gasteiger partial charge is 0.216 e. The number of hydrogen-bond donors (Lipinski definition) is 1. The molecule has 2 aromatic rings. The van der Waals surface area contributed by atoms with Crippen LogP contribution in [0.25, 0.3) is 0 Å². The lowest BCUT2D eigenvalue weighted by molar-refractivity contribution is 0.453. The van der Waals surface area contributed by atoms with Crippen molar-refractivity contribution in [3.05, 3.63) is 28.4 Å². The molecule has 80 valence electrons. The van der Waals surface area contributed by atoms with Crippen LogP contribution < -0.4 is 5.32 Å². The highest BCUT2D eigenvalue weighted by Crippen LogP contribution is 2.23. The summed E-state index contributed by atoms with van der Waals surface area (Å²) in [6, 6.07) is -0.0130. The van der Waals surface area contributed by atoms with E-state index in [1.807, 2.05) is 13.8 Å². The third-order valence-corrected chi connectivity index (χ3v) is 2.92. The Morgan fingerprint density at radius 3 is 2.93 bits per heavy atom. The number of anilines is 1. The Labute approximate surface area is 96.3 Å². The minimum absolute atomic E-state index is 0.0130. The monoisotopic (exact) mass is 243 g/mol. The fraction of sp³-hybridized carbons (Fsp3) is 0.333. The molecule has 6 heteroatoms. The van der Waals surface area contributed by atoms with Crippen LogP contribution in [0.3, 0.4) is 0 Å². The average Bonchev–Trinajstić information content (AvgIpc) is 2.75. The van der Waals surface area contributed by atoms with E-state index in [0.717, 1.165) is 10.9 Å². The lowest BCUT2D eigenvalue weighted by atomic mass is 10.3. The molecule has 0 fully saturated rings. The zero-order chi connectivity index (χ0) is 10.8. The van der Waals surface area contributed by atoms with Gasteiger partial charge in [-0.25, -0.2) is 9.97 Å². The topological polar surface area (TPSA) is 51.0 Å². The molecule has 0 amide bonds. The SMILES string of the molecule is Cc1cnc(C(C)Nc2nc(Cl)cs2)o1. The van der Waals surface area contributed by atoms with Gasteiger partial charge in [-0.2, -0.15) is 0 Å². The van der Waals surface area contributed by atoms with Crippen LogP contribution >= 0.6 is 22.9 Å². The second kappa shape index (κ2) is 4.20. The summed E-state index contributed by atoms with van der Waals surface area (Å²) in [4.78, 5) is 8.22. The fourth-order valence-corrected chi connectivity index (χ4v) is 2.07. The van der Waals surface area contributed by atoms with Gasteiger partial charge in [-0.05, 0) is 13.8 Å². The molecule has 0 spiro atoms. The Balaban J connectivity index is 2.06. The molecule has 0 radical (unpaired) electrons. The van der Waals surface area contributed by atoms with Crippen LogP contribution in [0.4, 0.5) is 5.13 Å². The highest BCUT2D eigenvalue weighted by Gasteiger charge is 2.12. The number of hydrogen-bond acceptors (Lipinski definition) is 5. The standard InChI is InChI=1S/C9H10ClN3OS/c1-5-3-11-8(14-5)6(2)12-9-13-7(10)4-15-9/h3-4,6H,1-2H3,(H,12,13). The number of nitrogens with one attached hydrogen (secondary N) is 1. The number of oxazole rings is 1. The number of aromatic nitrogens is 2. The fourth-order valence-electron chi connectivity index (χ4n) is 1.14. The van der Waals surface area contributed by atoms with E-state index in [-0.39, 0.29) is 6.04 Å². The van der Waals surface area contributed by atoms with E-state index in [1.54, 1.807) is 11.6 Å². The van der Waals surface area contributed by atoms with E-state index in [1.165, 1.54) is 11.3 Å². The molecule has 1 unspecified atom stereocenters. The molecule has 0 saturated carbocycles. The van der Waals surface area contributed by atoms with E-state index >= 15 is 0 Å². The van der Waals surface area contributed by atoms with Gasteiger partial charge in [-0.15, -0.1) is 11.3 Å². The van der Waals surface area contributed by atoms with Gasteiger partial charge in [0.15, 0.2) is 5.13 Å². The van der Waals surface area contributed by atoms with Crippen LogP contribution in [0.2, 0.25) is 5.15 Å². The van der Waals surface area contributed by atoms with Crippen LogP contribution in [-0.2, 0) is 0 Å². The van der Waals surface area contributed by atoms with Gasteiger partial charge in [0, 0.05) is 5.38 Å². The third-order valence-electron chi connectivity index (χ3n) is 1.83. The number of thiazole rings is 1. The predicted molar refractivity (Wildman–Crippen MR) is 60.4 cm³/mol. The zero-order valence-electron chi connectivity index (χ0n) is 8.32. The normalized spacial score (nSPS) is 12.7. The lowest BCUT2D eigenvalue weighted by Gasteiger charge is -2.07. The van der Waals surface area contributed by atoms with Crippen LogP contribution in [-0.4, -0.2) is 9.97 Å². The number of aryl methyl sites for hydroxylation is 1. The summed E-state index contributed by atoms with van der Waals surface area (Å²) in [6.45, 7) is 3.82. The van der Waals surface area contributed by atoms with Gasteiger partial charge in [-0.1, -0.05) is 11.6 Å². The molecule has 0 aliphatic heterocycles. The molecule has 2 heterocycles. The highest BCUT2D eigenvalue weighted by atomic mass is 35.5. The average molecular weight is 244 g/mol. The first-order valence-corrected chi connectivity index (χ1v) is 5.71. The van der Waals surface area contributed by atoms with Gasteiger partial charge >= 0.3 is 0 Å². The Morgan fingerprint density at radius 1 is 1.60 bits per heavy atom. The van der Waals surface area contributed by atoms with Crippen molar-refractivity contribution in [1.29, 1.82) is 0 Å². The summed E-state index contributed by atoms with van der Waals surface area (Å²) in [6.07, 6.45) is 1.70. The zero-order valence-corrected chi connectivity index (χ0v) is 9.89. The van der Waals surface area contributed by atoms with Crippen molar-refractivity contribution >= 4 is 28.1 Å². The Kier molecular flexibility index (Phi) is 2.93. The maximum Gasteiger partial charge on any atom is 0.216 e. The lowest BCUT2D eigenvalue weighted by Crippen LogP contribution is -2.06. The molecule has 15 heavy (non-hydrogen) atoms. The minimum atomic E-state index is -0.0130. The number of nitrogens with zero attached hydrogens (tertiary/aromatic N) is 2. The first-order chi connectivity index (χ1) is 7.15. The van der Waals surface area contributed by atoms with Crippen molar-refractivity contribution < 1.29 is 4.42 Å². The quantitative estimate of drug-likeness (QED) is 0.899. The van der Waals surface area contributed by atoms with E-state index in [9.17, 15) is 0 Å². The Bertz CT molecular complexity index is 454. The molecular weight excluding hydrogens is 234 g/mol. The number of halogens is 1. The Morgan fingerprint density at radius 2 is 2.40 bits per heavy atom. The van der Waals surface area contributed by atoms with Gasteiger partial charge < -0.3 is 9.73 Å². The highest BCUT2D eigenvalue weighted by molar-refractivity contribution is 7.14. The maximum atomic E-state index is 5.71. The second-order valence-electron chi connectivity index (χ2n) is 3.15. The van der Waals surface area contributed by atoms with E-state index in [0.29, 0.717) is 11.0 Å². The molecular formula is C9H10ClN3OS. The molecule has 2 rings (SSSR count). The van der Waals surface area contributed by atoms with Crippen molar-refractivity contribution in [2.24, 2.45) is 0 Å². The summed E-state index contributed by atoms with van der Waals surface area (Å²) in [5, 5.41) is 6.20. The van der Waals surface area contributed by atoms with Crippen molar-refractivity contribution in [2.75, 3.05) is 5.32 Å². The van der Waals surface area contributed by atoms with Gasteiger partial charge in [-0.3, -0.25) is 0 Å². The minimum Gasteiger partial charge on any atom is -0.444 e. The third kappa shape index (κ3) is 2.49. The van der Waals surface area contributed by atoms with Crippen molar-refractivity contribution in [3.63, 3.8) is 0 Å². The predicted octanol–water partition coefficient (Wildman–Crippen LogP) is 3.27. The first kappa shape index (κ1) is 10.4. The summed E-state index contributed by atoms with van der Waals surface area (Å²) >= 11 is 7.17. The molecule has 1 atom stereocenters. The molecule has 0 aliphatic rings. The van der Waals surface area contributed by atoms with E-state index in [2.05, 4.69) is 15.3 Å². The molecule has 0 aromatic carbocycles. The van der Waals surface area contributed by atoms with Crippen LogP contribution in [0.15, 0.2) is 16.0 Å². The van der Waals surface area contributed by atoms with Gasteiger partial charge in [0.2, 0.25) is 5.89 Å². The summed E-state index contributed by atoms with van der Waals surface area (Å²) in [5.41, 5.74) is 0. The van der Waals surface area contributed by atoms with Crippen LogP contribution in [0.5, 0.6) is 0 Å². The molecule has 1 N–H and O–H groups in total. The van der Waals surface area contributed by atoms with Gasteiger partial charge in [0.25, 0.3) is 0 Å². The van der Waals surface area contributed by atoms with Crippen molar-refractivity contribution in [3.8, 4) is 0 Å². The molecule has 2 aromatic heterocycles.